The summed E-state index contributed by atoms with van der Waals surface area (Å²) in [6.07, 6.45) is 0. The molecule has 1 aromatic carbocycles. The zero-order valence-electron chi connectivity index (χ0n) is 12.7. The molecule has 0 bridgehead atoms. The van der Waals surface area contributed by atoms with Gasteiger partial charge in [0.05, 0.1) is 0 Å². The molecule has 0 amide bonds. The number of thioether (sulfide) groups is 1. The van der Waals surface area contributed by atoms with E-state index in [0.717, 1.165) is 0 Å². The highest BCUT2D eigenvalue weighted by atomic mass is 32.2. The van der Waals surface area contributed by atoms with Crippen molar-refractivity contribution < 1.29 is 41.0 Å². The Labute approximate surface area is 147 Å². The number of carboxylic acids is 1. The highest BCUT2D eigenvalue weighted by molar-refractivity contribution is 7.99. The second kappa shape index (κ2) is 7.16. The van der Waals surface area contributed by atoms with Gasteiger partial charge in [0.25, 0.3) is 0 Å². The Morgan fingerprint density at radius 3 is 2.35 bits per heavy atom. The van der Waals surface area contributed by atoms with Crippen LogP contribution in [0.1, 0.15) is 16.9 Å². The zero-order chi connectivity index (χ0) is 19.0. The fourth-order valence-electron chi connectivity index (χ4n) is 2.25. The highest BCUT2D eigenvalue weighted by Gasteiger charge is 2.32. The number of furan rings is 1. The van der Waals surface area contributed by atoms with Gasteiger partial charge in [-0.3, -0.25) is 10.1 Å². The molecule has 2 heterocycles. The molecule has 1 fully saturated rings. The molecule has 5 nitrogen and oxygen atoms in total. The number of hydrogen-bond acceptors (Lipinski definition) is 5. The standard InChI is InChI=1S/C15H10F5NO4S/c16-8-9(17)11(19)13(12(20)10(8)18)24-3-5-1-2-7(25-5)14-21-6(4-26-14)15(22)23/h1-2,6,14,21H,3-4H2,(H,22,23)/t6-,14+/m0/s1. The van der Waals surface area contributed by atoms with Crippen LogP contribution >= 0.6 is 11.8 Å². The van der Waals surface area contributed by atoms with Gasteiger partial charge in [0.1, 0.15) is 29.5 Å². The lowest BCUT2D eigenvalue weighted by atomic mass is 10.2. The van der Waals surface area contributed by atoms with Crippen molar-refractivity contribution in [3.63, 3.8) is 0 Å². The molecule has 26 heavy (non-hydrogen) atoms. The van der Waals surface area contributed by atoms with Crippen LogP contribution in [0.4, 0.5) is 22.0 Å². The Bertz CT molecular complexity index is 830. The predicted molar refractivity (Wildman–Crippen MR) is 79.0 cm³/mol. The van der Waals surface area contributed by atoms with Crippen LogP contribution in [0, 0.1) is 29.1 Å². The number of nitrogens with one attached hydrogen (secondary N) is 1. The van der Waals surface area contributed by atoms with E-state index in [4.69, 9.17) is 14.3 Å². The number of benzene rings is 1. The molecular formula is C15H10F5NO4S. The number of hydrogen-bond donors (Lipinski definition) is 2. The fourth-order valence-corrected chi connectivity index (χ4v) is 3.42. The third kappa shape index (κ3) is 3.36. The van der Waals surface area contributed by atoms with Crippen molar-refractivity contribution in [2.75, 3.05) is 5.75 Å². The molecule has 2 N–H and O–H groups in total. The summed E-state index contributed by atoms with van der Waals surface area (Å²) in [4.78, 5) is 10.9. The van der Waals surface area contributed by atoms with Crippen LogP contribution in [0.2, 0.25) is 0 Å². The van der Waals surface area contributed by atoms with E-state index < -0.39 is 58.8 Å². The van der Waals surface area contributed by atoms with Crippen molar-refractivity contribution in [3.8, 4) is 5.75 Å². The van der Waals surface area contributed by atoms with Gasteiger partial charge in [-0.1, -0.05) is 0 Å². The van der Waals surface area contributed by atoms with Crippen molar-refractivity contribution in [1.29, 1.82) is 0 Å². The van der Waals surface area contributed by atoms with Crippen LogP contribution in [0.3, 0.4) is 0 Å². The molecule has 140 valence electrons. The Hall–Kier alpha value is -2.27. The Morgan fingerprint density at radius 2 is 1.77 bits per heavy atom. The van der Waals surface area contributed by atoms with Crippen molar-refractivity contribution in [3.05, 3.63) is 52.7 Å². The minimum atomic E-state index is -2.27. The molecule has 1 aromatic heterocycles. The maximum Gasteiger partial charge on any atom is 0.321 e. The summed E-state index contributed by atoms with van der Waals surface area (Å²) in [5.41, 5.74) is 0. The summed E-state index contributed by atoms with van der Waals surface area (Å²) in [5.74, 6) is -12.3. The first kappa shape index (κ1) is 18.5. The largest absolute Gasteiger partial charge is 0.480 e. The summed E-state index contributed by atoms with van der Waals surface area (Å²) in [6.45, 7) is -0.585. The van der Waals surface area contributed by atoms with Crippen LogP contribution in [0.5, 0.6) is 5.75 Å². The number of carbonyl (C=O) groups is 1. The summed E-state index contributed by atoms with van der Waals surface area (Å²) in [7, 11) is 0. The summed E-state index contributed by atoms with van der Waals surface area (Å²) in [6, 6.07) is 2.13. The molecule has 11 heteroatoms. The second-order valence-corrected chi connectivity index (χ2v) is 6.40. The quantitative estimate of drug-likeness (QED) is 0.460. The maximum absolute atomic E-state index is 13.5. The highest BCUT2D eigenvalue weighted by Crippen LogP contribution is 2.34. The van der Waals surface area contributed by atoms with E-state index in [9.17, 15) is 26.7 Å². The Kier molecular flexibility index (Phi) is 5.10. The number of ether oxygens (including phenoxy) is 1. The molecule has 0 aliphatic carbocycles. The van der Waals surface area contributed by atoms with E-state index in [1.165, 1.54) is 23.9 Å². The van der Waals surface area contributed by atoms with Gasteiger partial charge in [-0.2, -0.15) is 8.78 Å². The average Bonchev–Trinajstić information content (AvgIpc) is 3.27. The first-order chi connectivity index (χ1) is 12.3. The molecule has 1 saturated heterocycles. The van der Waals surface area contributed by atoms with Gasteiger partial charge in [-0.15, -0.1) is 11.8 Å². The smallest absolute Gasteiger partial charge is 0.321 e. The molecule has 1 aliphatic heterocycles. The monoisotopic (exact) mass is 395 g/mol. The number of halogens is 5. The molecule has 2 atom stereocenters. The van der Waals surface area contributed by atoms with Crippen molar-refractivity contribution in [2.24, 2.45) is 0 Å². The van der Waals surface area contributed by atoms with Crippen LogP contribution < -0.4 is 10.1 Å². The molecule has 0 saturated carbocycles. The molecule has 3 rings (SSSR count). The lowest BCUT2D eigenvalue weighted by molar-refractivity contribution is -0.138. The SMILES string of the molecule is O=C(O)[C@@H]1CS[C@H](c2ccc(COc3c(F)c(F)c(F)c(F)c3F)o2)N1. The molecule has 1 aliphatic rings. The van der Waals surface area contributed by atoms with Crippen LogP contribution in [0.25, 0.3) is 0 Å². The van der Waals surface area contributed by atoms with Crippen LogP contribution in [-0.4, -0.2) is 22.9 Å². The molecule has 0 unspecified atom stereocenters. The van der Waals surface area contributed by atoms with Gasteiger partial charge in [0, 0.05) is 5.75 Å². The van der Waals surface area contributed by atoms with Gasteiger partial charge >= 0.3 is 5.97 Å². The topological polar surface area (TPSA) is 71.7 Å². The second-order valence-electron chi connectivity index (χ2n) is 5.26. The van der Waals surface area contributed by atoms with Gasteiger partial charge in [0.15, 0.2) is 5.75 Å². The van der Waals surface area contributed by atoms with E-state index in [-0.39, 0.29) is 5.76 Å². The van der Waals surface area contributed by atoms with E-state index in [1.807, 2.05) is 0 Å². The number of carboxylic acid groups (broad SMARTS) is 1. The fraction of sp³-hybridized carbons (Fsp3) is 0.267. The average molecular weight is 395 g/mol. The van der Waals surface area contributed by atoms with Gasteiger partial charge in [-0.05, 0) is 12.1 Å². The molecule has 0 spiro atoms. The van der Waals surface area contributed by atoms with Crippen LogP contribution in [0.15, 0.2) is 16.5 Å². The van der Waals surface area contributed by atoms with Gasteiger partial charge in [0.2, 0.25) is 29.1 Å². The zero-order valence-corrected chi connectivity index (χ0v) is 13.5. The lowest BCUT2D eigenvalue weighted by Crippen LogP contribution is -2.33. The minimum absolute atomic E-state index is 0.0603. The first-order valence-electron chi connectivity index (χ1n) is 7.13. The first-order valence-corrected chi connectivity index (χ1v) is 8.17. The maximum atomic E-state index is 13.5. The van der Waals surface area contributed by atoms with Crippen molar-refractivity contribution in [1.82, 2.24) is 5.32 Å². The minimum Gasteiger partial charge on any atom is -0.480 e. The third-order valence-corrected chi connectivity index (χ3v) is 4.78. The normalized spacial score (nSPS) is 19.7. The van der Waals surface area contributed by atoms with Crippen molar-refractivity contribution in [2.45, 2.75) is 18.0 Å². The third-order valence-electron chi connectivity index (χ3n) is 3.55. The summed E-state index contributed by atoms with van der Waals surface area (Å²) in [5, 5.41) is 11.3. The van der Waals surface area contributed by atoms with E-state index >= 15 is 0 Å². The summed E-state index contributed by atoms with van der Waals surface area (Å²) >= 11 is 1.28. The summed E-state index contributed by atoms with van der Waals surface area (Å²) < 4.78 is 76.3. The molecule has 0 radical (unpaired) electrons. The van der Waals surface area contributed by atoms with E-state index in [2.05, 4.69) is 5.32 Å². The number of aliphatic carboxylic acids is 1. The van der Waals surface area contributed by atoms with Crippen molar-refractivity contribution >= 4 is 17.7 Å². The lowest BCUT2D eigenvalue weighted by Gasteiger charge is -2.10. The van der Waals surface area contributed by atoms with Crippen LogP contribution in [-0.2, 0) is 11.4 Å². The van der Waals surface area contributed by atoms with Gasteiger partial charge in [-0.25, -0.2) is 13.2 Å². The van der Waals surface area contributed by atoms with E-state index in [0.29, 0.717) is 11.5 Å². The molecular weight excluding hydrogens is 385 g/mol. The Morgan fingerprint density at radius 1 is 1.15 bits per heavy atom. The van der Waals surface area contributed by atoms with E-state index in [1.54, 1.807) is 0 Å². The molecule has 2 aromatic rings. The predicted octanol–water partition coefficient (Wildman–Crippen LogP) is 3.34. The number of rotatable bonds is 5. The van der Waals surface area contributed by atoms with Gasteiger partial charge < -0.3 is 14.3 Å². The Balaban J connectivity index is 1.71.